The van der Waals surface area contributed by atoms with Crippen molar-refractivity contribution in [1.82, 2.24) is 19.5 Å². The highest BCUT2D eigenvalue weighted by atomic mass is 32.2. The molecule has 0 radical (unpaired) electrons. The number of sulfonamides is 1. The summed E-state index contributed by atoms with van der Waals surface area (Å²) in [4.78, 5) is 21.3. The molecule has 166 valence electrons. The Bertz CT molecular complexity index is 1030. The SMILES string of the molecule is Cc1ncc2c(c1CNS(=O)(=O)Cc1ccccc1)CCN(C(=O)CN1CCCC1)C2. The fraction of sp³-hybridized carbons (Fsp3) is 0.478. The molecule has 1 aromatic heterocycles. The van der Waals surface area contributed by atoms with Gasteiger partial charge in [0.25, 0.3) is 0 Å². The van der Waals surface area contributed by atoms with Crippen molar-refractivity contribution >= 4 is 15.9 Å². The van der Waals surface area contributed by atoms with Gasteiger partial charge in [0.1, 0.15) is 0 Å². The van der Waals surface area contributed by atoms with Gasteiger partial charge >= 0.3 is 0 Å². The number of hydrogen-bond donors (Lipinski definition) is 1. The predicted molar refractivity (Wildman–Crippen MR) is 120 cm³/mol. The number of nitrogens with zero attached hydrogens (tertiary/aromatic N) is 3. The van der Waals surface area contributed by atoms with Gasteiger partial charge in [-0.1, -0.05) is 30.3 Å². The second-order valence-corrected chi connectivity index (χ2v) is 10.2. The molecule has 1 aromatic carbocycles. The Morgan fingerprint density at radius 2 is 1.87 bits per heavy atom. The van der Waals surface area contributed by atoms with Crippen LogP contribution in [-0.2, 0) is 40.1 Å². The van der Waals surface area contributed by atoms with Crippen LogP contribution in [-0.4, -0.2) is 55.3 Å². The monoisotopic (exact) mass is 442 g/mol. The Morgan fingerprint density at radius 3 is 2.61 bits per heavy atom. The fourth-order valence-corrected chi connectivity index (χ4v) is 5.53. The number of aryl methyl sites for hydroxylation is 1. The van der Waals surface area contributed by atoms with Crippen LogP contribution in [0.15, 0.2) is 36.5 Å². The van der Waals surface area contributed by atoms with Gasteiger partial charge in [-0.2, -0.15) is 0 Å². The zero-order valence-corrected chi connectivity index (χ0v) is 18.8. The van der Waals surface area contributed by atoms with Crippen LogP contribution in [0.25, 0.3) is 0 Å². The summed E-state index contributed by atoms with van der Waals surface area (Å²) in [5.41, 5.74) is 4.66. The van der Waals surface area contributed by atoms with E-state index in [1.807, 2.05) is 48.4 Å². The minimum atomic E-state index is -3.46. The van der Waals surface area contributed by atoms with E-state index >= 15 is 0 Å². The first-order chi connectivity index (χ1) is 14.9. The highest BCUT2D eigenvalue weighted by molar-refractivity contribution is 7.88. The Hall–Kier alpha value is -2.29. The lowest BCUT2D eigenvalue weighted by molar-refractivity contribution is -0.133. The van der Waals surface area contributed by atoms with Crippen molar-refractivity contribution in [3.05, 3.63) is 64.5 Å². The molecule has 3 heterocycles. The summed E-state index contributed by atoms with van der Waals surface area (Å²) in [6.07, 6.45) is 4.90. The number of carbonyl (C=O) groups is 1. The van der Waals surface area contributed by atoms with E-state index in [1.54, 1.807) is 0 Å². The summed E-state index contributed by atoms with van der Waals surface area (Å²) < 4.78 is 27.9. The first-order valence-electron chi connectivity index (χ1n) is 10.9. The number of benzene rings is 1. The standard InChI is InChI=1S/C23H30N4O3S/c1-18-22(14-25-31(29,30)17-19-7-3-2-4-8-19)21-9-12-27(15-20(21)13-24-18)23(28)16-26-10-5-6-11-26/h2-4,7-8,13,25H,5-6,9-12,14-17H2,1H3. The van der Waals surface area contributed by atoms with Crippen molar-refractivity contribution in [2.45, 2.75) is 45.0 Å². The summed E-state index contributed by atoms with van der Waals surface area (Å²) in [6.45, 7) is 5.83. The molecule has 8 heteroatoms. The van der Waals surface area contributed by atoms with E-state index in [1.165, 1.54) is 12.8 Å². The summed E-state index contributed by atoms with van der Waals surface area (Å²) in [5, 5.41) is 0. The summed E-state index contributed by atoms with van der Waals surface area (Å²) in [5.74, 6) is 0.118. The molecule has 0 spiro atoms. The van der Waals surface area contributed by atoms with E-state index in [4.69, 9.17) is 0 Å². The van der Waals surface area contributed by atoms with Crippen molar-refractivity contribution in [2.24, 2.45) is 0 Å². The maximum Gasteiger partial charge on any atom is 0.237 e. The minimum Gasteiger partial charge on any atom is -0.337 e. The van der Waals surface area contributed by atoms with Crippen molar-refractivity contribution in [1.29, 1.82) is 0 Å². The van der Waals surface area contributed by atoms with Crippen LogP contribution in [0.1, 0.15) is 40.8 Å². The summed E-state index contributed by atoms with van der Waals surface area (Å²) >= 11 is 0. The molecule has 4 rings (SSSR count). The van der Waals surface area contributed by atoms with Crippen LogP contribution in [0, 0.1) is 6.92 Å². The molecule has 2 aromatic rings. The average molecular weight is 443 g/mol. The van der Waals surface area contributed by atoms with Crippen LogP contribution in [0.2, 0.25) is 0 Å². The van der Waals surface area contributed by atoms with Crippen molar-refractivity contribution < 1.29 is 13.2 Å². The Labute approximate surface area is 184 Å². The largest absolute Gasteiger partial charge is 0.337 e. The predicted octanol–water partition coefficient (Wildman–Crippen LogP) is 1.99. The number of likely N-dealkylation sites (tertiary alicyclic amines) is 1. The first kappa shape index (κ1) is 21.9. The highest BCUT2D eigenvalue weighted by Crippen LogP contribution is 2.24. The third kappa shape index (κ3) is 5.50. The maximum absolute atomic E-state index is 12.7. The third-order valence-electron chi connectivity index (χ3n) is 6.17. The molecule has 1 saturated heterocycles. The lowest BCUT2D eigenvalue weighted by Crippen LogP contribution is -2.42. The topological polar surface area (TPSA) is 82.6 Å². The number of carbonyl (C=O) groups excluding carboxylic acids is 1. The van der Waals surface area contributed by atoms with E-state index in [0.717, 1.165) is 47.5 Å². The molecular weight excluding hydrogens is 412 g/mol. The molecule has 2 aliphatic heterocycles. The van der Waals surface area contributed by atoms with E-state index in [-0.39, 0.29) is 18.2 Å². The van der Waals surface area contributed by atoms with E-state index in [0.29, 0.717) is 19.6 Å². The summed E-state index contributed by atoms with van der Waals surface area (Å²) in [7, 11) is -3.46. The van der Waals surface area contributed by atoms with Gasteiger partial charge in [-0.05, 0) is 61.5 Å². The molecule has 31 heavy (non-hydrogen) atoms. The molecule has 2 aliphatic rings. The van der Waals surface area contributed by atoms with Gasteiger partial charge in [-0.15, -0.1) is 0 Å². The molecular formula is C23H30N4O3S. The van der Waals surface area contributed by atoms with Gasteiger partial charge in [0.05, 0.1) is 12.3 Å². The van der Waals surface area contributed by atoms with Gasteiger partial charge in [0, 0.05) is 31.5 Å². The molecule has 1 N–H and O–H groups in total. The number of rotatable bonds is 7. The van der Waals surface area contributed by atoms with Gasteiger partial charge in [0.15, 0.2) is 0 Å². The van der Waals surface area contributed by atoms with Gasteiger partial charge in [-0.3, -0.25) is 14.7 Å². The maximum atomic E-state index is 12.7. The van der Waals surface area contributed by atoms with Crippen LogP contribution < -0.4 is 4.72 Å². The number of amides is 1. The molecule has 1 fully saturated rings. The van der Waals surface area contributed by atoms with E-state index in [9.17, 15) is 13.2 Å². The molecule has 0 saturated carbocycles. The van der Waals surface area contributed by atoms with Crippen LogP contribution in [0.5, 0.6) is 0 Å². The molecule has 0 atom stereocenters. The zero-order valence-electron chi connectivity index (χ0n) is 18.0. The molecule has 7 nitrogen and oxygen atoms in total. The molecule has 0 aliphatic carbocycles. The number of pyridine rings is 1. The van der Waals surface area contributed by atoms with Crippen molar-refractivity contribution in [3.8, 4) is 0 Å². The number of fused-ring (bicyclic) bond motifs is 1. The van der Waals surface area contributed by atoms with Gasteiger partial charge < -0.3 is 4.90 Å². The molecule has 0 unspecified atom stereocenters. The average Bonchev–Trinajstić information content (AvgIpc) is 3.26. The molecule has 1 amide bonds. The fourth-order valence-electron chi connectivity index (χ4n) is 4.43. The second kappa shape index (κ2) is 9.46. The number of hydrogen-bond acceptors (Lipinski definition) is 5. The first-order valence-corrected chi connectivity index (χ1v) is 12.5. The summed E-state index contributed by atoms with van der Waals surface area (Å²) in [6, 6.07) is 9.16. The quantitative estimate of drug-likeness (QED) is 0.709. The van der Waals surface area contributed by atoms with Gasteiger partial charge in [-0.25, -0.2) is 13.1 Å². The van der Waals surface area contributed by atoms with Gasteiger partial charge in [0.2, 0.25) is 15.9 Å². The minimum absolute atomic E-state index is 0.0475. The van der Waals surface area contributed by atoms with Crippen molar-refractivity contribution in [2.75, 3.05) is 26.2 Å². The lowest BCUT2D eigenvalue weighted by Gasteiger charge is -2.31. The Morgan fingerprint density at radius 1 is 1.13 bits per heavy atom. The number of aromatic nitrogens is 1. The van der Waals surface area contributed by atoms with Crippen LogP contribution >= 0.6 is 0 Å². The lowest BCUT2D eigenvalue weighted by atomic mass is 9.95. The Balaban J connectivity index is 1.42. The van der Waals surface area contributed by atoms with Crippen LogP contribution in [0.3, 0.4) is 0 Å². The Kier molecular flexibility index (Phi) is 6.69. The third-order valence-corrected chi connectivity index (χ3v) is 7.47. The van der Waals surface area contributed by atoms with Crippen molar-refractivity contribution in [3.63, 3.8) is 0 Å². The van der Waals surface area contributed by atoms with Crippen LogP contribution in [0.4, 0.5) is 0 Å². The zero-order chi connectivity index (χ0) is 21.8. The molecule has 0 bridgehead atoms. The number of nitrogens with one attached hydrogen (secondary N) is 1. The normalized spacial score (nSPS) is 17.0. The smallest absolute Gasteiger partial charge is 0.237 e. The van der Waals surface area contributed by atoms with E-state index in [2.05, 4.69) is 14.6 Å². The second-order valence-electron chi connectivity index (χ2n) is 8.44. The van der Waals surface area contributed by atoms with E-state index < -0.39 is 10.0 Å². The highest BCUT2D eigenvalue weighted by Gasteiger charge is 2.26.